The number of imidazole rings is 1. The molecule has 1 amide bonds. The van der Waals surface area contributed by atoms with Crippen LogP contribution in [0.4, 0.5) is 0 Å². The summed E-state index contributed by atoms with van der Waals surface area (Å²) in [6, 6.07) is 11.8. The first-order chi connectivity index (χ1) is 16.2. The highest BCUT2D eigenvalue weighted by atomic mass is 16.5. The van der Waals surface area contributed by atoms with Gasteiger partial charge in [0.05, 0.1) is 17.1 Å². The number of ether oxygens (including phenoxy) is 1. The highest BCUT2D eigenvalue weighted by Crippen LogP contribution is 2.33. The van der Waals surface area contributed by atoms with Crippen LogP contribution in [0.3, 0.4) is 0 Å². The molecule has 176 valence electrons. The van der Waals surface area contributed by atoms with E-state index in [0.29, 0.717) is 18.4 Å². The number of fused-ring (bicyclic) bond motifs is 1. The first-order valence-electron chi connectivity index (χ1n) is 11.6. The Morgan fingerprint density at radius 2 is 1.88 bits per heavy atom. The number of aryl methyl sites for hydroxylation is 2. The van der Waals surface area contributed by atoms with E-state index in [4.69, 9.17) is 9.72 Å². The number of hydrogen-bond acceptors (Lipinski definition) is 4. The van der Waals surface area contributed by atoms with Crippen molar-refractivity contribution in [2.24, 2.45) is 0 Å². The van der Waals surface area contributed by atoms with E-state index >= 15 is 0 Å². The second-order valence-corrected chi connectivity index (χ2v) is 9.07. The standard InChI is InChI=1S/C28H31N3O3/c1-16-6-7-20(10-17(16)2)13-25(32)21-8-9-23-24(14-21)31-28(30-23)27-18(3)11-22(12-19(27)4)34-15-26(33)29-5/h6-11,14,22H,12-13,15H2,1-5H3,(H,29,33)(H,30,31). The number of benzene rings is 2. The van der Waals surface area contributed by atoms with Crippen LogP contribution in [0.5, 0.6) is 0 Å². The minimum Gasteiger partial charge on any atom is -0.364 e. The van der Waals surface area contributed by atoms with E-state index in [9.17, 15) is 9.59 Å². The lowest BCUT2D eigenvalue weighted by atomic mass is 9.90. The molecule has 1 atom stereocenters. The Morgan fingerprint density at radius 3 is 2.59 bits per heavy atom. The van der Waals surface area contributed by atoms with Gasteiger partial charge in [-0.1, -0.05) is 29.8 Å². The molecule has 1 heterocycles. The molecule has 3 aromatic rings. The number of amides is 1. The number of aromatic amines is 1. The third-order valence-electron chi connectivity index (χ3n) is 6.45. The number of Topliss-reactive ketones (excluding diaryl/α,β-unsaturated/α-hetero) is 1. The van der Waals surface area contributed by atoms with Crippen molar-refractivity contribution in [2.75, 3.05) is 13.7 Å². The van der Waals surface area contributed by atoms with Gasteiger partial charge in [0.15, 0.2) is 5.78 Å². The number of carbonyl (C=O) groups is 2. The number of allylic oxidation sites excluding steroid dienone is 2. The van der Waals surface area contributed by atoms with Gasteiger partial charge in [0.25, 0.3) is 0 Å². The lowest BCUT2D eigenvalue weighted by molar-refractivity contribution is -0.126. The molecule has 0 aliphatic heterocycles. The van der Waals surface area contributed by atoms with E-state index in [0.717, 1.165) is 39.1 Å². The first kappa shape index (κ1) is 23.6. The van der Waals surface area contributed by atoms with Gasteiger partial charge >= 0.3 is 0 Å². The van der Waals surface area contributed by atoms with E-state index in [2.05, 4.69) is 43.2 Å². The van der Waals surface area contributed by atoms with E-state index in [1.54, 1.807) is 7.05 Å². The summed E-state index contributed by atoms with van der Waals surface area (Å²) in [6.07, 6.45) is 2.97. The van der Waals surface area contributed by atoms with Crippen LogP contribution >= 0.6 is 0 Å². The molecule has 6 heteroatoms. The van der Waals surface area contributed by atoms with Gasteiger partial charge in [0.1, 0.15) is 12.4 Å². The van der Waals surface area contributed by atoms with Gasteiger partial charge in [0.2, 0.25) is 5.91 Å². The molecule has 0 bridgehead atoms. The molecule has 2 aromatic carbocycles. The zero-order valence-electron chi connectivity index (χ0n) is 20.4. The average Bonchev–Trinajstić information content (AvgIpc) is 3.22. The lowest BCUT2D eigenvalue weighted by Gasteiger charge is -2.23. The Balaban J connectivity index is 1.54. The number of H-pyrrole nitrogens is 1. The highest BCUT2D eigenvalue weighted by molar-refractivity contribution is 6.00. The molecular weight excluding hydrogens is 426 g/mol. The van der Waals surface area contributed by atoms with Gasteiger partial charge in [-0.2, -0.15) is 0 Å². The minimum atomic E-state index is -0.140. The number of rotatable bonds is 7. The number of likely N-dealkylation sites (N-methyl/N-ethyl adjacent to an activating group) is 1. The van der Waals surface area contributed by atoms with E-state index < -0.39 is 0 Å². The Morgan fingerprint density at radius 1 is 1.09 bits per heavy atom. The van der Waals surface area contributed by atoms with Crippen LogP contribution in [-0.4, -0.2) is 41.4 Å². The Kier molecular flexibility index (Phi) is 6.80. The fraction of sp³-hybridized carbons (Fsp3) is 0.321. The fourth-order valence-electron chi connectivity index (χ4n) is 4.41. The lowest BCUT2D eigenvalue weighted by Crippen LogP contribution is -2.27. The summed E-state index contributed by atoms with van der Waals surface area (Å²) in [6.45, 7) is 8.27. The average molecular weight is 458 g/mol. The smallest absolute Gasteiger partial charge is 0.245 e. The van der Waals surface area contributed by atoms with Crippen LogP contribution in [0.1, 0.15) is 53.1 Å². The van der Waals surface area contributed by atoms with Gasteiger partial charge in [-0.3, -0.25) is 9.59 Å². The van der Waals surface area contributed by atoms with Gasteiger partial charge in [-0.15, -0.1) is 0 Å². The predicted molar refractivity (Wildman–Crippen MR) is 135 cm³/mol. The number of ketones is 1. The van der Waals surface area contributed by atoms with Crippen molar-refractivity contribution in [3.05, 3.63) is 81.7 Å². The van der Waals surface area contributed by atoms with E-state index in [1.165, 1.54) is 11.1 Å². The molecule has 34 heavy (non-hydrogen) atoms. The Labute approximate surface area is 200 Å². The third-order valence-corrected chi connectivity index (χ3v) is 6.45. The first-order valence-corrected chi connectivity index (χ1v) is 11.6. The molecule has 1 aliphatic rings. The second kappa shape index (κ2) is 9.77. The summed E-state index contributed by atoms with van der Waals surface area (Å²) in [5.74, 6) is 0.727. The van der Waals surface area contributed by atoms with Crippen LogP contribution in [0.25, 0.3) is 16.6 Å². The SMILES string of the molecule is CNC(=O)COC1C=C(C)C(c2nc3ccc(C(=O)Cc4ccc(C)c(C)c4)cc3[nH]2)=C(C)C1. The quantitative estimate of drug-likeness (QED) is 0.496. The van der Waals surface area contributed by atoms with E-state index in [-0.39, 0.29) is 24.4 Å². The molecule has 2 N–H and O–H groups in total. The van der Waals surface area contributed by atoms with Crippen LogP contribution < -0.4 is 5.32 Å². The summed E-state index contributed by atoms with van der Waals surface area (Å²) in [7, 11) is 1.60. The number of nitrogens with zero attached hydrogens (tertiary/aromatic N) is 1. The number of aromatic nitrogens is 2. The minimum absolute atomic E-state index is 0.0388. The van der Waals surface area contributed by atoms with Gasteiger partial charge < -0.3 is 15.0 Å². The topological polar surface area (TPSA) is 84.1 Å². The normalized spacial score (nSPS) is 16.0. The molecular formula is C28H31N3O3. The molecule has 0 fully saturated rings. The predicted octanol–water partition coefficient (Wildman–Crippen LogP) is 4.86. The molecule has 1 aliphatic carbocycles. The van der Waals surface area contributed by atoms with Crippen molar-refractivity contribution < 1.29 is 14.3 Å². The van der Waals surface area contributed by atoms with Crippen molar-refractivity contribution in [1.82, 2.24) is 15.3 Å². The fourth-order valence-corrected chi connectivity index (χ4v) is 4.41. The largest absolute Gasteiger partial charge is 0.364 e. The van der Waals surface area contributed by atoms with Crippen LogP contribution in [0.15, 0.2) is 53.6 Å². The van der Waals surface area contributed by atoms with Gasteiger partial charge in [-0.25, -0.2) is 4.98 Å². The maximum atomic E-state index is 12.9. The molecule has 0 radical (unpaired) electrons. The summed E-state index contributed by atoms with van der Waals surface area (Å²) in [4.78, 5) is 32.6. The summed E-state index contributed by atoms with van der Waals surface area (Å²) >= 11 is 0. The number of nitrogens with one attached hydrogen (secondary N) is 2. The summed E-state index contributed by atoms with van der Waals surface area (Å²) < 4.78 is 5.73. The van der Waals surface area contributed by atoms with E-state index in [1.807, 2.05) is 37.3 Å². The van der Waals surface area contributed by atoms with Crippen LogP contribution in [0.2, 0.25) is 0 Å². The third kappa shape index (κ3) is 5.02. The van der Waals surface area contributed by atoms with Crippen molar-refractivity contribution in [1.29, 1.82) is 0 Å². The highest BCUT2D eigenvalue weighted by Gasteiger charge is 2.22. The zero-order valence-corrected chi connectivity index (χ0v) is 20.4. The second-order valence-electron chi connectivity index (χ2n) is 9.07. The summed E-state index contributed by atoms with van der Waals surface area (Å²) in [5.41, 5.74) is 9.03. The molecule has 0 spiro atoms. The Bertz CT molecular complexity index is 1330. The molecule has 0 saturated carbocycles. The molecule has 1 unspecified atom stereocenters. The molecule has 4 rings (SSSR count). The summed E-state index contributed by atoms with van der Waals surface area (Å²) in [5, 5.41) is 2.57. The molecule has 1 aromatic heterocycles. The van der Waals surface area contributed by atoms with Crippen LogP contribution in [0, 0.1) is 13.8 Å². The molecule has 6 nitrogen and oxygen atoms in total. The maximum Gasteiger partial charge on any atom is 0.245 e. The molecule has 0 saturated heterocycles. The van der Waals surface area contributed by atoms with Crippen LogP contribution in [-0.2, 0) is 16.0 Å². The zero-order chi connectivity index (χ0) is 24.4. The van der Waals surface area contributed by atoms with Gasteiger partial charge in [-0.05, 0) is 74.6 Å². The van der Waals surface area contributed by atoms with Gasteiger partial charge in [0, 0.05) is 24.6 Å². The number of carbonyl (C=O) groups excluding carboxylic acids is 2. The Hall–Kier alpha value is -3.51. The maximum absolute atomic E-state index is 12.9. The van der Waals surface area contributed by atoms with Crippen molar-refractivity contribution in [3.8, 4) is 0 Å². The van der Waals surface area contributed by atoms with Crippen molar-refractivity contribution in [3.63, 3.8) is 0 Å². The number of hydrogen-bond donors (Lipinski definition) is 2. The monoisotopic (exact) mass is 457 g/mol. The van der Waals surface area contributed by atoms with Crippen molar-refractivity contribution >= 4 is 28.3 Å². The van der Waals surface area contributed by atoms with Crippen molar-refractivity contribution in [2.45, 2.75) is 46.6 Å².